The van der Waals surface area contributed by atoms with Crippen LogP contribution in [-0.2, 0) is 35.2 Å². The van der Waals surface area contributed by atoms with Crippen LogP contribution in [0.2, 0.25) is 5.02 Å². The average molecular weight is 713 g/mol. The second kappa shape index (κ2) is 14.6. The van der Waals surface area contributed by atoms with Gasteiger partial charge in [-0.3, -0.25) is 24.0 Å². The number of rotatable bonds is 12. The van der Waals surface area contributed by atoms with E-state index in [0.717, 1.165) is 34.0 Å². The Morgan fingerprint density at radius 2 is 1.88 bits per heavy atom. The molecule has 5 rings (SSSR count). The molecule has 1 saturated heterocycles. The molecule has 1 aliphatic carbocycles. The van der Waals surface area contributed by atoms with E-state index in [1.54, 1.807) is 12.1 Å². The summed E-state index contributed by atoms with van der Waals surface area (Å²) in [6.45, 7) is 11.1. The number of carbonyl (C=O) groups is 5. The summed E-state index contributed by atoms with van der Waals surface area (Å²) in [5.41, 5.74) is 0.391. The van der Waals surface area contributed by atoms with E-state index in [1.807, 2.05) is 53.7 Å². The number of likely N-dealkylation sites (tertiary alicyclic amines) is 1. The van der Waals surface area contributed by atoms with E-state index in [2.05, 4.69) is 26.1 Å². The van der Waals surface area contributed by atoms with Crippen molar-refractivity contribution in [3.8, 4) is 0 Å². The molecule has 49 heavy (non-hydrogen) atoms. The van der Waals surface area contributed by atoms with E-state index in [0.29, 0.717) is 23.6 Å². The molecule has 3 aliphatic rings. The van der Waals surface area contributed by atoms with Crippen molar-refractivity contribution in [3.05, 3.63) is 50.4 Å². The first kappa shape index (κ1) is 36.4. The lowest BCUT2D eigenvalue weighted by atomic mass is 9.85. The summed E-state index contributed by atoms with van der Waals surface area (Å²) in [6, 6.07) is 4.07. The Hall–Kier alpha value is -3.84. The van der Waals surface area contributed by atoms with Gasteiger partial charge in [0.05, 0.1) is 35.4 Å². The van der Waals surface area contributed by atoms with Gasteiger partial charge in [0, 0.05) is 34.3 Å². The summed E-state index contributed by atoms with van der Waals surface area (Å²) in [5.74, 6) is -2.82. The number of benzene rings is 1. The second-order valence-corrected chi connectivity index (χ2v) is 16.2. The van der Waals surface area contributed by atoms with Gasteiger partial charge in [-0.15, -0.1) is 11.3 Å². The third-order valence-corrected chi connectivity index (χ3v) is 10.4. The fourth-order valence-corrected chi connectivity index (χ4v) is 7.46. The maximum atomic E-state index is 14.6. The summed E-state index contributed by atoms with van der Waals surface area (Å²) in [6.07, 6.45) is 2.89. The lowest BCUT2D eigenvalue weighted by Gasteiger charge is -2.35. The normalized spacial score (nSPS) is 21.5. The summed E-state index contributed by atoms with van der Waals surface area (Å²) < 4.78 is 0. The molecule has 0 unspecified atom stereocenters. The lowest BCUT2D eigenvalue weighted by Crippen LogP contribution is -2.59. The second-order valence-electron chi connectivity index (χ2n) is 14.4. The van der Waals surface area contributed by atoms with E-state index in [-0.39, 0.29) is 37.8 Å². The van der Waals surface area contributed by atoms with Crippen molar-refractivity contribution < 1.29 is 28.8 Å². The summed E-state index contributed by atoms with van der Waals surface area (Å²) >= 11 is 7.68. The topological polar surface area (TPSA) is 159 Å². The Labute approximate surface area is 295 Å². The van der Waals surface area contributed by atoms with E-state index < -0.39 is 52.6 Å². The van der Waals surface area contributed by atoms with Crippen molar-refractivity contribution in [1.82, 2.24) is 25.8 Å². The molecule has 1 spiro atoms. The SMILES string of the molecule is CCC[C@H](NC(=O)[C@@H]1C[C@]2(CC(c3cccc(Cl)c3)=NO2)CN1C(=O)[C@@H](NC(=O)Cc1sc(C)nc1C)C(C)(C)C)C(=O)C(=O)NC1CC1. The number of aromatic nitrogens is 1. The van der Waals surface area contributed by atoms with E-state index in [4.69, 9.17) is 16.4 Å². The number of hydrogen-bond acceptors (Lipinski definition) is 9. The molecular formula is C35H45ClN6O6S. The molecule has 14 heteroatoms. The first-order chi connectivity index (χ1) is 23.1. The highest BCUT2D eigenvalue weighted by Crippen LogP contribution is 2.40. The number of nitrogens with one attached hydrogen (secondary N) is 3. The van der Waals surface area contributed by atoms with Gasteiger partial charge in [0.25, 0.3) is 5.91 Å². The number of oxime groups is 1. The molecule has 2 aliphatic heterocycles. The molecule has 2 aromatic rings. The number of nitrogens with zero attached hydrogens (tertiary/aromatic N) is 3. The fraction of sp³-hybridized carbons (Fsp3) is 0.571. The summed E-state index contributed by atoms with van der Waals surface area (Å²) in [5, 5.41) is 14.2. The van der Waals surface area contributed by atoms with Crippen LogP contribution in [0.25, 0.3) is 0 Å². The van der Waals surface area contributed by atoms with Crippen LogP contribution in [0.3, 0.4) is 0 Å². The lowest BCUT2D eigenvalue weighted by molar-refractivity contribution is -0.145. The van der Waals surface area contributed by atoms with Crippen LogP contribution < -0.4 is 16.0 Å². The third kappa shape index (κ3) is 8.67. The zero-order chi connectivity index (χ0) is 35.7. The number of aryl methyl sites for hydroxylation is 2. The van der Waals surface area contributed by atoms with Crippen LogP contribution in [0.15, 0.2) is 29.4 Å². The molecule has 0 bridgehead atoms. The van der Waals surface area contributed by atoms with Gasteiger partial charge >= 0.3 is 0 Å². The van der Waals surface area contributed by atoms with Crippen LogP contribution in [0.4, 0.5) is 0 Å². The number of hydrogen-bond donors (Lipinski definition) is 3. The molecule has 12 nitrogen and oxygen atoms in total. The first-order valence-corrected chi connectivity index (χ1v) is 18.0. The van der Waals surface area contributed by atoms with Gasteiger partial charge in [-0.2, -0.15) is 0 Å². The standard InChI is InChI=1S/C35H45ClN6O6S/c1-7-9-24(29(44)32(46)38-23-12-13-23)39-31(45)26-17-35(16-25(41-48-35)21-10-8-11-22(36)14-21)18-42(26)33(47)30(34(4,5)6)40-28(43)15-27-19(2)37-20(3)49-27/h8,10-11,14,23-24,26,30H,7,9,12-13,15-18H2,1-6H3,(H,38,46)(H,39,45)(H,40,43)/t24-,26-,30+,35+/m0/s1. The van der Waals surface area contributed by atoms with Crippen LogP contribution in [0.1, 0.15) is 87.4 Å². The van der Waals surface area contributed by atoms with Crippen molar-refractivity contribution in [2.45, 2.75) is 116 Å². The maximum absolute atomic E-state index is 14.6. The van der Waals surface area contributed by atoms with Gasteiger partial charge in [0.2, 0.25) is 23.5 Å². The molecule has 1 saturated carbocycles. The molecule has 0 radical (unpaired) electrons. The van der Waals surface area contributed by atoms with Gasteiger partial charge < -0.3 is 25.7 Å². The molecule has 264 valence electrons. The molecule has 1 aromatic heterocycles. The predicted molar refractivity (Wildman–Crippen MR) is 186 cm³/mol. The highest BCUT2D eigenvalue weighted by molar-refractivity contribution is 7.11. The number of carbonyl (C=O) groups excluding carboxylic acids is 5. The molecule has 3 N–H and O–H groups in total. The predicted octanol–water partition coefficient (Wildman–Crippen LogP) is 3.78. The highest BCUT2D eigenvalue weighted by atomic mass is 35.5. The minimum Gasteiger partial charge on any atom is -0.387 e. The molecule has 2 fully saturated rings. The van der Waals surface area contributed by atoms with Gasteiger partial charge in [0.15, 0.2) is 5.60 Å². The largest absolute Gasteiger partial charge is 0.387 e. The highest BCUT2D eigenvalue weighted by Gasteiger charge is 2.55. The van der Waals surface area contributed by atoms with Crippen molar-refractivity contribution in [2.24, 2.45) is 10.6 Å². The van der Waals surface area contributed by atoms with Crippen molar-refractivity contribution >= 4 is 58.1 Å². The number of amides is 4. The Balaban J connectivity index is 1.40. The third-order valence-electron chi connectivity index (χ3n) is 9.07. The zero-order valence-corrected chi connectivity index (χ0v) is 30.4. The molecular weight excluding hydrogens is 668 g/mol. The summed E-state index contributed by atoms with van der Waals surface area (Å²) in [7, 11) is 0. The van der Waals surface area contributed by atoms with Gasteiger partial charge in [-0.1, -0.05) is 63.0 Å². The maximum Gasteiger partial charge on any atom is 0.289 e. The van der Waals surface area contributed by atoms with Crippen LogP contribution in [0, 0.1) is 19.3 Å². The Kier molecular flexibility index (Phi) is 10.8. The Morgan fingerprint density at radius 1 is 1.14 bits per heavy atom. The van der Waals surface area contributed by atoms with Crippen molar-refractivity contribution in [2.75, 3.05) is 6.54 Å². The first-order valence-electron chi connectivity index (χ1n) is 16.8. The van der Waals surface area contributed by atoms with Gasteiger partial charge in [-0.25, -0.2) is 4.98 Å². The fourth-order valence-electron chi connectivity index (χ4n) is 6.33. The Bertz CT molecular complexity index is 1670. The minimum atomic E-state index is -1.06. The van der Waals surface area contributed by atoms with Crippen LogP contribution in [0.5, 0.6) is 0 Å². The van der Waals surface area contributed by atoms with Gasteiger partial charge in [-0.05, 0) is 50.7 Å². The Morgan fingerprint density at radius 3 is 2.49 bits per heavy atom. The quantitative estimate of drug-likeness (QED) is 0.283. The molecule has 4 atom stereocenters. The van der Waals surface area contributed by atoms with Crippen LogP contribution in [-0.4, -0.2) is 81.3 Å². The molecule has 1 aromatic carbocycles. The number of thiazole rings is 1. The zero-order valence-electron chi connectivity index (χ0n) is 28.9. The minimum absolute atomic E-state index is 0.0148. The smallest absolute Gasteiger partial charge is 0.289 e. The number of halogens is 1. The van der Waals surface area contributed by atoms with Gasteiger partial charge in [0.1, 0.15) is 12.1 Å². The van der Waals surface area contributed by atoms with Crippen molar-refractivity contribution in [1.29, 1.82) is 0 Å². The molecule has 4 amide bonds. The monoisotopic (exact) mass is 712 g/mol. The van der Waals surface area contributed by atoms with E-state index in [1.165, 1.54) is 16.2 Å². The summed E-state index contributed by atoms with van der Waals surface area (Å²) in [4.78, 5) is 80.6. The van der Waals surface area contributed by atoms with E-state index in [9.17, 15) is 24.0 Å². The van der Waals surface area contributed by atoms with Crippen LogP contribution >= 0.6 is 22.9 Å². The molecule has 3 heterocycles. The van der Waals surface area contributed by atoms with E-state index >= 15 is 0 Å². The average Bonchev–Trinajstić information content (AvgIpc) is 3.48. The number of ketones is 1. The van der Waals surface area contributed by atoms with Crippen molar-refractivity contribution in [3.63, 3.8) is 0 Å². The number of Topliss-reactive ketones (excluding diaryl/α,β-unsaturated/α-hetero) is 1.